The maximum Gasteiger partial charge on any atom is 0.313 e. The van der Waals surface area contributed by atoms with E-state index < -0.39 is 11.4 Å². The summed E-state index contributed by atoms with van der Waals surface area (Å²) < 4.78 is 0. The average Bonchev–Trinajstić information content (AvgIpc) is 2.42. The first-order chi connectivity index (χ1) is 9.34. The van der Waals surface area contributed by atoms with Crippen LogP contribution in [0.2, 0.25) is 0 Å². The van der Waals surface area contributed by atoms with Crippen LogP contribution in [0.3, 0.4) is 0 Å². The summed E-state index contributed by atoms with van der Waals surface area (Å²) in [6.07, 6.45) is 0. The van der Waals surface area contributed by atoms with Gasteiger partial charge >= 0.3 is 5.97 Å². The molecule has 0 aliphatic rings. The van der Waals surface area contributed by atoms with Crippen molar-refractivity contribution < 1.29 is 20.1 Å². The molecule has 2 aromatic carbocycles. The summed E-state index contributed by atoms with van der Waals surface area (Å²) in [6, 6.07) is 11.6. The molecule has 0 heterocycles. The van der Waals surface area contributed by atoms with Crippen molar-refractivity contribution in [2.24, 2.45) is 0 Å². The Labute approximate surface area is 116 Å². The van der Waals surface area contributed by atoms with Crippen LogP contribution in [-0.4, -0.2) is 21.3 Å². The number of benzene rings is 2. The standard InChI is InChI=1S/C16H16O4/c1-16(2,15(19)20)11-6-3-5-10(9-11)12-7-4-8-13(17)14(12)18/h3-9,17-18H,1-2H3,(H,19,20). The van der Waals surface area contributed by atoms with Crippen molar-refractivity contribution in [3.8, 4) is 22.6 Å². The predicted molar refractivity (Wildman–Crippen MR) is 75.9 cm³/mol. The monoisotopic (exact) mass is 272 g/mol. The van der Waals surface area contributed by atoms with Gasteiger partial charge in [0.25, 0.3) is 0 Å². The first-order valence-electron chi connectivity index (χ1n) is 6.19. The average molecular weight is 272 g/mol. The number of aromatic hydroxyl groups is 2. The summed E-state index contributed by atoms with van der Waals surface area (Å²) in [5, 5.41) is 28.7. The predicted octanol–water partition coefficient (Wildman–Crippen LogP) is 3.13. The van der Waals surface area contributed by atoms with E-state index in [1.54, 1.807) is 50.2 Å². The van der Waals surface area contributed by atoms with Gasteiger partial charge in [0.1, 0.15) is 0 Å². The molecule has 2 rings (SSSR count). The molecule has 0 bridgehead atoms. The Bertz CT molecular complexity index is 659. The van der Waals surface area contributed by atoms with Crippen LogP contribution in [0, 0.1) is 0 Å². The maximum absolute atomic E-state index is 11.3. The number of carboxylic acid groups (broad SMARTS) is 1. The number of carbonyl (C=O) groups is 1. The Hall–Kier alpha value is -2.49. The molecule has 0 fully saturated rings. The number of aliphatic carboxylic acids is 1. The van der Waals surface area contributed by atoms with Gasteiger partial charge in [-0.2, -0.15) is 0 Å². The van der Waals surface area contributed by atoms with Gasteiger partial charge < -0.3 is 15.3 Å². The largest absolute Gasteiger partial charge is 0.504 e. The molecule has 3 N–H and O–H groups in total. The number of hydrogen-bond donors (Lipinski definition) is 3. The minimum absolute atomic E-state index is 0.203. The van der Waals surface area contributed by atoms with Crippen LogP contribution in [0.25, 0.3) is 11.1 Å². The molecule has 0 aromatic heterocycles. The lowest BCUT2D eigenvalue weighted by Crippen LogP contribution is -2.28. The van der Waals surface area contributed by atoms with E-state index in [-0.39, 0.29) is 11.5 Å². The fourth-order valence-corrected chi connectivity index (χ4v) is 1.96. The summed E-state index contributed by atoms with van der Waals surface area (Å²) in [7, 11) is 0. The molecule has 20 heavy (non-hydrogen) atoms. The highest BCUT2D eigenvalue weighted by Crippen LogP contribution is 2.37. The number of rotatable bonds is 3. The van der Waals surface area contributed by atoms with E-state index in [1.807, 2.05) is 0 Å². The van der Waals surface area contributed by atoms with Crippen LogP contribution in [0.4, 0.5) is 0 Å². The molecule has 4 heteroatoms. The zero-order chi connectivity index (χ0) is 14.9. The smallest absolute Gasteiger partial charge is 0.313 e. The Morgan fingerprint density at radius 1 is 1.05 bits per heavy atom. The molecular weight excluding hydrogens is 256 g/mol. The van der Waals surface area contributed by atoms with E-state index in [1.165, 1.54) is 6.07 Å². The van der Waals surface area contributed by atoms with E-state index in [0.29, 0.717) is 16.7 Å². The van der Waals surface area contributed by atoms with E-state index >= 15 is 0 Å². The summed E-state index contributed by atoms with van der Waals surface area (Å²) >= 11 is 0. The maximum atomic E-state index is 11.3. The molecular formula is C16H16O4. The Balaban J connectivity index is 2.56. The molecule has 0 radical (unpaired) electrons. The first kappa shape index (κ1) is 13.9. The van der Waals surface area contributed by atoms with Gasteiger partial charge in [-0.1, -0.05) is 30.3 Å². The van der Waals surface area contributed by atoms with Crippen LogP contribution in [-0.2, 0) is 10.2 Å². The van der Waals surface area contributed by atoms with Crippen molar-refractivity contribution in [1.29, 1.82) is 0 Å². The fraction of sp³-hybridized carbons (Fsp3) is 0.188. The van der Waals surface area contributed by atoms with Gasteiger partial charge in [-0.05, 0) is 37.1 Å². The minimum Gasteiger partial charge on any atom is -0.504 e. The van der Waals surface area contributed by atoms with Gasteiger partial charge in [0, 0.05) is 5.56 Å². The SMILES string of the molecule is CC(C)(C(=O)O)c1cccc(-c2cccc(O)c2O)c1. The van der Waals surface area contributed by atoms with E-state index in [2.05, 4.69) is 0 Å². The van der Waals surface area contributed by atoms with E-state index in [9.17, 15) is 20.1 Å². The van der Waals surface area contributed by atoms with Crippen molar-refractivity contribution in [2.45, 2.75) is 19.3 Å². The van der Waals surface area contributed by atoms with E-state index in [0.717, 1.165) is 0 Å². The van der Waals surface area contributed by atoms with Crippen LogP contribution < -0.4 is 0 Å². The molecule has 0 saturated heterocycles. The number of carboxylic acids is 1. The summed E-state index contributed by atoms with van der Waals surface area (Å²) in [4.78, 5) is 11.3. The van der Waals surface area contributed by atoms with Gasteiger partial charge in [-0.3, -0.25) is 4.79 Å². The Morgan fingerprint density at radius 3 is 2.35 bits per heavy atom. The van der Waals surface area contributed by atoms with Crippen molar-refractivity contribution in [3.63, 3.8) is 0 Å². The lowest BCUT2D eigenvalue weighted by Gasteiger charge is -2.20. The highest BCUT2D eigenvalue weighted by atomic mass is 16.4. The topological polar surface area (TPSA) is 77.8 Å². The second-order valence-electron chi connectivity index (χ2n) is 5.18. The highest BCUT2D eigenvalue weighted by Gasteiger charge is 2.29. The second kappa shape index (κ2) is 4.89. The third kappa shape index (κ3) is 2.32. The van der Waals surface area contributed by atoms with Crippen LogP contribution in [0.15, 0.2) is 42.5 Å². The molecule has 4 nitrogen and oxygen atoms in total. The molecule has 104 valence electrons. The number of phenolic OH excluding ortho intramolecular Hbond substituents is 2. The second-order valence-corrected chi connectivity index (χ2v) is 5.18. The van der Waals surface area contributed by atoms with Gasteiger partial charge in [-0.25, -0.2) is 0 Å². The lowest BCUT2D eigenvalue weighted by molar-refractivity contribution is -0.142. The molecule has 0 atom stereocenters. The molecule has 0 unspecified atom stereocenters. The summed E-state index contributed by atoms with van der Waals surface area (Å²) in [6.45, 7) is 3.24. The van der Waals surface area contributed by atoms with Crippen LogP contribution in [0.5, 0.6) is 11.5 Å². The van der Waals surface area contributed by atoms with Crippen LogP contribution >= 0.6 is 0 Å². The molecule has 0 saturated carbocycles. The lowest BCUT2D eigenvalue weighted by atomic mass is 9.83. The van der Waals surface area contributed by atoms with Crippen molar-refractivity contribution in [3.05, 3.63) is 48.0 Å². The van der Waals surface area contributed by atoms with Gasteiger partial charge in [0.2, 0.25) is 0 Å². The van der Waals surface area contributed by atoms with Gasteiger partial charge in [-0.15, -0.1) is 0 Å². The fourth-order valence-electron chi connectivity index (χ4n) is 1.96. The zero-order valence-corrected chi connectivity index (χ0v) is 11.3. The molecule has 0 aliphatic heterocycles. The first-order valence-corrected chi connectivity index (χ1v) is 6.19. The van der Waals surface area contributed by atoms with Crippen molar-refractivity contribution in [2.75, 3.05) is 0 Å². The molecule has 0 amide bonds. The molecule has 0 aliphatic carbocycles. The normalized spacial score (nSPS) is 11.3. The highest BCUT2D eigenvalue weighted by molar-refractivity contribution is 5.82. The summed E-state index contributed by atoms with van der Waals surface area (Å²) in [5.74, 6) is -1.34. The van der Waals surface area contributed by atoms with E-state index in [4.69, 9.17) is 0 Å². The van der Waals surface area contributed by atoms with Crippen molar-refractivity contribution in [1.82, 2.24) is 0 Å². The van der Waals surface area contributed by atoms with Crippen LogP contribution in [0.1, 0.15) is 19.4 Å². The van der Waals surface area contributed by atoms with Crippen molar-refractivity contribution >= 4 is 5.97 Å². The third-order valence-electron chi connectivity index (χ3n) is 3.44. The third-order valence-corrected chi connectivity index (χ3v) is 3.44. The molecule has 0 spiro atoms. The minimum atomic E-state index is -1.03. The number of para-hydroxylation sites is 1. The Kier molecular flexibility index (Phi) is 3.40. The number of phenols is 2. The quantitative estimate of drug-likeness (QED) is 0.750. The van der Waals surface area contributed by atoms with Gasteiger partial charge in [0.05, 0.1) is 5.41 Å². The summed E-state index contributed by atoms with van der Waals surface area (Å²) in [5.41, 5.74) is 0.728. The zero-order valence-electron chi connectivity index (χ0n) is 11.3. The molecule has 2 aromatic rings. The number of hydrogen-bond acceptors (Lipinski definition) is 3. The van der Waals surface area contributed by atoms with Gasteiger partial charge in [0.15, 0.2) is 11.5 Å². The Morgan fingerprint density at radius 2 is 1.70 bits per heavy atom.